The molecule has 1 amide bonds. The Labute approximate surface area is 157 Å². The van der Waals surface area contributed by atoms with E-state index in [1.165, 1.54) is 0 Å². The first-order valence-corrected chi connectivity index (χ1v) is 8.63. The molecular formula is C20H20ClN3O2. The van der Waals surface area contributed by atoms with Gasteiger partial charge in [-0.25, -0.2) is 4.98 Å². The fraction of sp³-hybridized carbons (Fsp3) is 0.200. The quantitative estimate of drug-likeness (QED) is 0.721. The molecule has 1 heterocycles. The predicted molar refractivity (Wildman–Crippen MR) is 101 cm³/mol. The standard InChI is InChI=1S/C20H20ClN3O2/c1-14-8-9-16(21)17(12-14)26-13-18(25)23-19(15-6-4-3-5-7-15)20-22-10-11-24(20)2/h3-12,19H,13H2,1-2H3,(H,23,25)/t19-/m0/s1. The molecule has 0 aliphatic heterocycles. The number of rotatable bonds is 6. The van der Waals surface area contributed by atoms with E-state index in [0.717, 1.165) is 17.0 Å². The first kappa shape index (κ1) is 18.0. The summed E-state index contributed by atoms with van der Waals surface area (Å²) in [5, 5.41) is 3.47. The summed E-state index contributed by atoms with van der Waals surface area (Å²) in [6, 6.07) is 14.8. The van der Waals surface area contributed by atoms with Crippen molar-refractivity contribution < 1.29 is 9.53 Å². The Hall–Kier alpha value is -2.79. The average Bonchev–Trinajstić information content (AvgIpc) is 3.07. The summed E-state index contributed by atoms with van der Waals surface area (Å²) in [6.45, 7) is 1.81. The van der Waals surface area contributed by atoms with Gasteiger partial charge in [0.25, 0.3) is 5.91 Å². The Kier molecular flexibility index (Phi) is 5.58. The number of carbonyl (C=O) groups excluding carboxylic acids is 1. The topological polar surface area (TPSA) is 56.1 Å². The number of amides is 1. The largest absolute Gasteiger partial charge is 0.482 e. The fourth-order valence-corrected chi connectivity index (χ4v) is 2.84. The monoisotopic (exact) mass is 369 g/mol. The van der Waals surface area contributed by atoms with E-state index in [9.17, 15) is 4.79 Å². The van der Waals surface area contributed by atoms with Crippen molar-refractivity contribution in [2.75, 3.05) is 6.61 Å². The molecule has 0 aliphatic rings. The summed E-state index contributed by atoms with van der Waals surface area (Å²) < 4.78 is 7.48. The van der Waals surface area contributed by atoms with E-state index in [1.807, 2.05) is 67.2 Å². The van der Waals surface area contributed by atoms with Crippen LogP contribution in [0.25, 0.3) is 0 Å². The van der Waals surface area contributed by atoms with Crippen molar-refractivity contribution in [2.45, 2.75) is 13.0 Å². The van der Waals surface area contributed by atoms with Gasteiger partial charge in [-0.05, 0) is 30.2 Å². The third kappa shape index (κ3) is 4.24. The number of imidazole rings is 1. The van der Waals surface area contributed by atoms with Crippen molar-refractivity contribution in [3.8, 4) is 5.75 Å². The summed E-state index contributed by atoms with van der Waals surface area (Å²) >= 11 is 6.11. The molecule has 0 unspecified atom stereocenters. The van der Waals surface area contributed by atoms with Crippen LogP contribution >= 0.6 is 11.6 Å². The molecule has 1 atom stereocenters. The summed E-state index contributed by atoms with van der Waals surface area (Å²) in [5.41, 5.74) is 1.96. The molecule has 0 saturated carbocycles. The SMILES string of the molecule is Cc1ccc(Cl)c(OCC(=O)N[C@@H](c2ccccc2)c2nccn2C)c1. The fourth-order valence-electron chi connectivity index (χ4n) is 2.66. The van der Waals surface area contributed by atoms with Gasteiger partial charge in [-0.1, -0.05) is 48.0 Å². The Morgan fingerprint density at radius 2 is 2.04 bits per heavy atom. The molecule has 3 rings (SSSR count). The molecular weight excluding hydrogens is 350 g/mol. The van der Waals surface area contributed by atoms with Gasteiger partial charge in [-0.3, -0.25) is 4.79 Å². The summed E-state index contributed by atoms with van der Waals surface area (Å²) in [5.74, 6) is 0.993. The van der Waals surface area contributed by atoms with Crippen molar-refractivity contribution in [3.05, 3.63) is 82.9 Å². The maximum atomic E-state index is 12.5. The van der Waals surface area contributed by atoms with E-state index in [4.69, 9.17) is 16.3 Å². The lowest BCUT2D eigenvalue weighted by atomic mass is 10.1. The number of aromatic nitrogens is 2. The molecule has 0 fully saturated rings. The highest BCUT2D eigenvalue weighted by molar-refractivity contribution is 6.32. The number of ether oxygens (including phenoxy) is 1. The molecule has 0 aliphatic carbocycles. The second kappa shape index (κ2) is 8.06. The van der Waals surface area contributed by atoms with E-state index in [1.54, 1.807) is 12.3 Å². The van der Waals surface area contributed by atoms with Crippen LogP contribution in [0.1, 0.15) is 23.0 Å². The van der Waals surface area contributed by atoms with Crippen LogP contribution in [0.15, 0.2) is 60.9 Å². The molecule has 0 radical (unpaired) electrons. The molecule has 134 valence electrons. The van der Waals surface area contributed by atoms with Gasteiger partial charge in [0.1, 0.15) is 17.6 Å². The molecule has 6 heteroatoms. The van der Waals surface area contributed by atoms with Gasteiger partial charge in [0.2, 0.25) is 0 Å². The van der Waals surface area contributed by atoms with E-state index >= 15 is 0 Å². The van der Waals surface area contributed by atoms with Gasteiger partial charge in [0.05, 0.1) is 5.02 Å². The predicted octanol–water partition coefficient (Wildman–Crippen LogP) is 3.67. The second-order valence-corrected chi connectivity index (χ2v) is 6.44. The lowest BCUT2D eigenvalue weighted by Crippen LogP contribution is -2.34. The van der Waals surface area contributed by atoms with Crippen molar-refractivity contribution in [3.63, 3.8) is 0 Å². The Balaban J connectivity index is 1.74. The zero-order valence-corrected chi connectivity index (χ0v) is 15.4. The van der Waals surface area contributed by atoms with E-state index in [0.29, 0.717) is 10.8 Å². The van der Waals surface area contributed by atoms with E-state index in [-0.39, 0.29) is 18.6 Å². The van der Waals surface area contributed by atoms with Crippen molar-refractivity contribution in [1.82, 2.24) is 14.9 Å². The summed E-state index contributed by atoms with van der Waals surface area (Å²) in [7, 11) is 1.90. The van der Waals surface area contributed by atoms with Crippen LogP contribution in [0.2, 0.25) is 5.02 Å². The minimum absolute atomic E-state index is 0.128. The summed E-state index contributed by atoms with van der Waals surface area (Å²) in [6.07, 6.45) is 3.56. The van der Waals surface area contributed by atoms with Crippen molar-refractivity contribution >= 4 is 17.5 Å². The van der Waals surface area contributed by atoms with Crippen LogP contribution < -0.4 is 10.1 Å². The normalized spacial score (nSPS) is 11.8. The number of hydrogen-bond donors (Lipinski definition) is 1. The lowest BCUT2D eigenvalue weighted by Gasteiger charge is -2.19. The molecule has 0 spiro atoms. The number of hydrogen-bond acceptors (Lipinski definition) is 3. The van der Waals surface area contributed by atoms with Crippen molar-refractivity contribution in [2.24, 2.45) is 7.05 Å². The van der Waals surface area contributed by atoms with Crippen LogP contribution in [-0.4, -0.2) is 22.1 Å². The maximum Gasteiger partial charge on any atom is 0.258 e. The average molecular weight is 370 g/mol. The first-order valence-electron chi connectivity index (χ1n) is 8.25. The number of nitrogens with one attached hydrogen (secondary N) is 1. The Morgan fingerprint density at radius 1 is 1.27 bits per heavy atom. The molecule has 26 heavy (non-hydrogen) atoms. The minimum Gasteiger partial charge on any atom is -0.482 e. The van der Waals surface area contributed by atoms with Gasteiger partial charge >= 0.3 is 0 Å². The zero-order valence-electron chi connectivity index (χ0n) is 14.6. The molecule has 0 bridgehead atoms. The second-order valence-electron chi connectivity index (χ2n) is 6.03. The van der Waals surface area contributed by atoms with Crippen LogP contribution in [0.4, 0.5) is 0 Å². The molecule has 1 aromatic heterocycles. The maximum absolute atomic E-state index is 12.5. The third-order valence-electron chi connectivity index (χ3n) is 4.00. The first-order chi connectivity index (χ1) is 12.5. The van der Waals surface area contributed by atoms with Gasteiger partial charge in [0, 0.05) is 19.4 Å². The zero-order chi connectivity index (χ0) is 18.5. The molecule has 2 aromatic carbocycles. The van der Waals surface area contributed by atoms with Crippen LogP contribution in [0, 0.1) is 6.92 Å². The molecule has 1 N–H and O–H groups in total. The van der Waals surface area contributed by atoms with Gasteiger partial charge in [-0.15, -0.1) is 0 Å². The highest BCUT2D eigenvalue weighted by atomic mass is 35.5. The summed E-state index contributed by atoms with van der Waals surface area (Å²) in [4.78, 5) is 16.9. The number of carbonyl (C=O) groups is 1. The van der Waals surface area contributed by atoms with Crippen LogP contribution in [0.3, 0.4) is 0 Å². The van der Waals surface area contributed by atoms with Crippen LogP contribution in [0.5, 0.6) is 5.75 Å². The number of nitrogens with zero attached hydrogens (tertiary/aromatic N) is 2. The third-order valence-corrected chi connectivity index (χ3v) is 4.31. The number of benzene rings is 2. The minimum atomic E-state index is -0.361. The van der Waals surface area contributed by atoms with Gasteiger partial charge in [-0.2, -0.15) is 0 Å². The highest BCUT2D eigenvalue weighted by Crippen LogP contribution is 2.25. The Bertz CT molecular complexity index is 893. The lowest BCUT2D eigenvalue weighted by molar-refractivity contribution is -0.123. The molecule has 3 aromatic rings. The Morgan fingerprint density at radius 3 is 2.73 bits per heavy atom. The smallest absolute Gasteiger partial charge is 0.258 e. The van der Waals surface area contributed by atoms with Gasteiger partial charge in [0.15, 0.2) is 6.61 Å². The van der Waals surface area contributed by atoms with Crippen LogP contribution in [-0.2, 0) is 11.8 Å². The molecule has 5 nitrogen and oxygen atoms in total. The van der Waals surface area contributed by atoms with Gasteiger partial charge < -0.3 is 14.6 Å². The molecule has 0 saturated heterocycles. The number of halogens is 1. The number of aryl methyl sites for hydroxylation is 2. The van der Waals surface area contributed by atoms with Crippen molar-refractivity contribution in [1.29, 1.82) is 0 Å². The van der Waals surface area contributed by atoms with E-state index in [2.05, 4.69) is 10.3 Å². The van der Waals surface area contributed by atoms with E-state index < -0.39 is 0 Å². The highest BCUT2D eigenvalue weighted by Gasteiger charge is 2.20.